The molecular weight excluding hydrogens is 392 g/mol. The van der Waals surface area contributed by atoms with Crippen LogP contribution in [0.1, 0.15) is 29.3 Å². The van der Waals surface area contributed by atoms with Gasteiger partial charge in [0.1, 0.15) is 5.75 Å². The molecule has 4 nitrogen and oxygen atoms in total. The molecule has 0 atom stereocenters. The first-order chi connectivity index (χ1) is 14.7. The van der Waals surface area contributed by atoms with Gasteiger partial charge in [0.2, 0.25) is 0 Å². The smallest absolute Gasteiger partial charge is 0.254 e. The van der Waals surface area contributed by atoms with Crippen molar-refractivity contribution in [2.75, 3.05) is 7.11 Å². The number of hydrogen-bond acceptors (Lipinski definition) is 4. The summed E-state index contributed by atoms with van der Waals surface area (Å²) in [5.74, 6) is 1.56. The van der Waals surface area contributed by atoms with Crippen molar-refractivity contribution in [3.63, 3.8) is 0 Å². The SMILES string of the molecule is CCc1c(Cc2cccc3ccccc23)nc(SCc2ccc(OC)cc2)[nH]c1=O. The van der Waals surface area contributed by atoms with Crippen molar-refractivity contribution in [2.24, 2.45) is 0 Å². The van der Waals surface area contributed by atoms with Gasteiger partial charge < -0.3 is 9.72 Å². The Morgan fingerprint density at radius 1 is 1.00 bits per heavy atom. The molecule has 0 fully saturated rings. The molecule has 1 aromatic heterocycles. The second kappa shape index (κ2) is 9.18. The van der Waals surface area contributed by atoms with Crippen LogP contribution in [0.2, 0.25) is 0 Å². The third kappa shape index (κ3) is 4.41. The predicted octanol–water partition coefficient (Wildman–Crippen LogP) is 5.38. The summed E-state index contributed by atoms with van der Waals surface area (Å²) in [5, 5.41) is 3.06. The van der Waals surface area contributed by atoms with E-state index in [-0.39, 0.29) is 5.56 Å². The minimum Gasteiger partial charge on any atom is -0.497 e. The second-order valence-corrected chi connectivity index (χ2v) is 8.07. The van der Waals surface area contributed by atoms with E-state index >= 15 is 0 Å². The van der Waals surface area contributed by atoms with Gasteiger partial charge in [0.05, 0.1) is 12.8 Å². The first-order valence-electron chi connectivity index (χ1n) is 10.0. The largest absolute Gasteiger partial charge is 0.497 e. The van der Waals surface area contributed by atoms with Crippen molar-refractivity contribution in [2.45, 2.75) is 30.7 Å². The van der Waals surface area contributed by atoms with Crippen molar-refractivity contribution < 1.29 is 4.74 Å². The Morgan fingerprint density at radius 2 is 1.77 bits per heavy atom. The number of aromatic nitrogens is 2. The zero-order valence-electron chi connectivity index (χ0n) is 17.1. The number of H-pyrrole nitrogens is 1. The summed E-state index contributed by atoms with van der Waals surface area (Å²) in [6.07, 6.45) is 1.30. The second-order valence-electron chi connectivity index (χ2n) is 7.10. The van der Waals surface area contributed by atoms with E-state index in [0.29, 0.717) is 18.0 Å². The van der Waals surface area contributed by atoms with Crippen molar-refractivity contribution in [3.05, 3.63) is 99.5 Å². The lowest BCUT2D eigenvalue weighted by Crippen LogP contribution is -2.18. The summed E-state index contributed by atoms with van der Waals surface area (Å²) in [7, 11) is 1.66. The Morgan fingerprint density at radius 3 is 2.53 bits per heavy atom. The molecule has 0 aliphatic carbocycles. The van der Waals surface area contributed by atoms with E-state index in [9.17, 15) is 4.79 Å². The minimum atomic E-state index is -0.0417. The molecule has 5 heteroatoms. The maximum atomic E-state index is 12.7. The highest BCUT2D eigenvalue weighted by molar-refractivity contribution is 7.98. The summed E-state index contributed by atoms with van der Waals surface area (Å²) < 4.78 is 5.21. The van der Waals surface area contributed by atoms with Crippen molar-refractivity contribution in [1.29, 1.82) is 0 Å². The quantitative estimate of drug-likeness (QED) is 0.325. The minimum absolute atomic E-state index is 0.0417. The van der Waals surface area contributed by atoms with Crippen LogP contribution in [0.15, 0.2) is 76.7 Å². The van der Waals surface area contributed by atoms with Gasteiger partial charge >= 0.3 is 0 Å². The molecule has 152 valence electrons. The van der Waals surface area contributed by atoms with Crippen LogP contribution in [0.4, 0.5) is 0 Å². The van der Waals surface area contributed by atoms with Gasteiger partial charge in [0, 0.05) is 17.7 Å². The average molecular weight is 417 g/mol. The number of methoxy groups -OCH3 is 1. The van der Waals surface area contributed by atoms with Crippen molar-refractivity contribution in [1.82, 2.24) is 9.97 Å². The highest BCUT2D eigenvalue weighted by atomic mass is 32.2. The number of thioether (sulfide) groups is 1. The lowest BCUT2D eigenvalue weighted by Gasteiger charge is -2.11. The molecule has 4 aromatic rings. The van der Waals surface area contributed by atoms with Crippen LogP contribution >= 0.6 is 11.8 Å². The molecule has 0 bridgehead atoms. The first-order valence-corrected chi connectivity index (χ1v) is 11.0. The third-order valence-corrected chi connectivity index (χ3v) is 6.15. The van der Waals surface area contributed by atoms with Gasteiger partial charge in [-0.2, -0.15) is 0 Å². The topological polar surface area (TPSA) is 55.0 Å². The number of aromatic amines is 1. The molecule has 3 aromatic carbocycles. The highest BCUT2D eigenvalue weighted by Crippen LogP contribution is 2.24. The molecule has 0 amide bonds. The van der Waals surface area contributed by atoms with Gasteiger partial charge in [0.15, 0.2) is 5.16 Å². The monoisotopic (exact) mass is 416 g/mol. The zero-order chi connectivity index (χ0) is 20.9. The summed E-state index contributed by atoms with van der Waals surface area (Å²) in [4.78, 5) is 20.5. The fourth-order valence-corrected chi connectivity index (χ4v) is 4.44. The fraction of sp³-hybridized carbons (Fsp3) is 0.200. The Hall–Kier alpha value is -3.05. The fourth-order valence-electron chi connectivity index (χ4n) is 3.60. The Kier molecular flexibility index (Phi) is 6.19. The normalized spacial score (nSPS) is 11.0. The van der Waals surface area contributed by atoms with Crippen molar-refractivity contribution >= 4 is 22.5 Å². The van der Waals surface area contributed by atoms with E-state index in [1.807, 2.05) is 43.3 Å². The highest BCUT2D eigenvalue weighted by Gasteiger charge is 2.13. The van der Waals surface area contributed by atoms with Crippen LogP contribution in [0, 0.1) is 0 Å². The van der Waals surface area contributed by atoms with Gasteiger partial charge in [0.25, 0.3) is 5.56 Å². The van der Waals surface area contributed by atoms with E-state index in [4.69, 9.17) is 9.72 Å². The lowest BCUT2D eigenvalue weighted by molar-refractivity contribution is 0.414. The van der Waals surface area contributed by atoms with Gasteiger partial charge in [-0.05, 0) is 40.5 Å². The summed E-state index contributed by atoms with van der Waals surface area (Å²) >= 11 is 1.54. The lowest BCUT2D eigenvalue weighted by atomic mass is 9.99. The molecule has 1 N–H and O–H groups in total. The molecule has 1 heterocycles. The molecule has 0 saturated carbocycles. The Balaban J connectivity index is 1.62. The van der Waals surface area contributed by atoms with Crippen LogP contribution in [0.3, 0.4) is 0 Å². The predicted molar refractivity (Wildman–Crippen MR) is 124 cm³/mol. The van der Waals surface area contributed by atoms with Crippen LogP contribution in [-0.4, -0.2) is 17.1 Å². The van der Waals surface area contributed by atoms with Gasteiger partial charge in [-0.3, -0.25) is 4.79 Å². The molecule has 0 aliphatic heterocycles. The standard InChI is InChI=1S/C25H24N2O2S/c1-3-21-23(15-19-9-6-8-18-7-4-5-10-22(18)19)26-25(27-24(21)28)30-16-17-11-13-20(29-2)14-12-17/h4-14H,3,15-16H2,1-2H3,(H,26,27,28). The number of hydrogen-bond donors (Lipinski definition) is 1. The third-order valence-electron chi connectivity index (χ3n) is 5.21. The molecule has 0 spiro atoms. The number of nitrogens with zero attached hydrogens (tertiary/aromatic N) is 1. The molecule has 0 saturated heterocycles. The number of benzene rings is 3. The molecule has 0 aliphatic rings. The Labute approximate surface area is 180 Å². The van der Waals surface area contributed by atoms with Gasteiger partial charge in [-0.15, -0.1) is 0 Å². The zero-order valence-corrected chi connectivity index (χ0v) is 18.0. The molecule has 4 rings (SSSR count). The van der Waals surface area contributed by atoms with E-state index < -0.39 is 0 Å². The van der Waals surface area contributed by atoms with Gasteiger partial charge in [-0.1, -0.05) is 73.3 Å². The van der Waals surface area contributed by atoms with E-state index in [2.05, 4.69) is 35.3 Å². The summed E-state index contributed by atoms with van der Waals surface area (Å²) in [6, 6.07) is 22.6. The number of ether oxygens (including phenoxy) is 1. The molecule has 30 heavy (non-hydrogen) atoms. The maximum Gasteiger partial charge on any atom is 0.254 e. The van der Waals surface area contributed by atoms with E-state index in [1.54, 1.807) is 18.9 Å². The first kappa shape index (κ1) is 20.2. The molecular formula is C25H24N2O2S. The maximum absolute atomic E-state index is 12.7. The average Bonchev–Trinajstić information content (AvgIpc) is 2.78. The van der Waals surface area contributed by atoms with Crippen LogP contribution in [-0.2, 0) is 18.6 Å². The number of rotatable bonds is 7. The van der Waals surface area contributed by atoms with Crippen molar-refractivity contribution in [3.8, 4) is 5.75 Å². The van der Waals surface area contributed by atoms with E-state index in [1.165, 1.54) is 16.3 Å². The molecule has 0 radical (unpaired) electrons. The van der Waals surface area contributed by atoms with Crippen LogP contribution in [0.25, 0.3) is 10.8 Å². The number of fused-ring (bicyclic) bond motifs is 1. The van der Waals surface area contributed by atoms with Crippen LogP contribution in [0.5, 0.6) is 5.75 Å². The van der Waals surface area contributed by atoms with Gasteiger partial charge in [-0.25, -0.2) is 4.98 Å². The van der Waals surface area contributed by atoms with E-state index in [0.717, 1.165) is 28.3 Å². The Bertz CT molecular complexity index is 1210. The summed E-state index contributed by atoms with van der Waals surface area (Å²) in [5.41, 5.74) is 3.91. The number of nitrogens with one attached hydrogen (secondary N) is 1. The van der Waals surface area contributed by atoms with Crippen LogP contribution < -0.4 is 10.3 Å². The molecule has 0 unspecified atom stereocenters. The summed E-state index contributed by atoms with van der Waals surface area (Å²) in [6.45, 7) is 2.00.